The topological polar surface area (TPSA) is 66.5 Å². The average Bonchev–Trinajstić information content (AvgIpc) is 3.59. The highest BCUT2D eigenvalue weighted by atomic mass is 35.5. The van der Waals surface area contributed by atoms with Gasteiger partial charge >= 0.3 is 12.4 Å². The van der Waals surface area contributed by atoms with Crippen LogP contribution in [0, 0.1) is 11.6 Å². The van der Waals surface area contributed by atoms with Crippen LogP contribution in [0.3, 0.4) is 0 Å². The molecule has 0 fully saturated rings. The molecule has 6 nitrogen and oxygen atoms in total. The number of rotatable bonds is 5. The van der Waals surface area contributed by atoms with E-state index in [1.807, 2.05) is 0 Å². The molecule has 0 spiro atoms. The minimum absolute atomic E-state index is 0.0123. The second-order valence-electron chi connectivity index (χ2n) is 9.01. The van der Waals surface area contributed by atoms with Crippen LogP contribution in [0.4, 0.5) is 40.8 Å². The van der Waals surface area contributed by atoms with Crippen LogP contribution in [0.2, 0.25) is 5.02 Å². The summed E-state index contributed by atoms with van der Waals surface area (Å²) < 4.78 is 113. The second kappa shape index (κ2) is 10.1. The molecule has 0 saturated heterocycles. The Bertz CT molecular complexity index is 1590. The normalized spacial score (nSPS) is 16.3. The van der Waals surface area contributed by atoms with E-state index in [9.17, 15) is 40.2 Å². The highest BCUT2D eigenvalue weighted by Gasteiger charge is 2.74. The van der Waals surface area contributed by atoms with Gasteiger partial charge in [0.2, 0.25) is 0 Å². The summed E-state index contributed by atoms with van der Waals surface area (Å²) in [5, 5.41) is 18.2. The summed E-state index contributed by atoms with van der Waals surface area (Å²) in [6.45, 7) is 0. The van der Waals surface area contributed by atoms with Crippen molar-refractivity contribution in [3.8, 4) is 16.8 Å². The highest BCUT2D eigenvalue weighted by molar-refractivity contribution is 6.33. The molecule has 1 aliphatic rings. The lowest BCUT2D eigenvalue weighted by Gasteiger charge is -2.32. The van der Waals surface area contributed by atoms with Gasteiger partial charge in [0.05, 0.1) is 22.5 Å². The molecule has 0 amide bonds. The summed E-state index contributed by atoms with van der Waals surface area (Å²) in [4.78, 5) is 3.68. The molecule has 2 heterocycles. The second-order valence-corrected chi connectivity index (χ2v) is 9.42. The zero-order chi connectivity index (χ0) is 29.7. The molecule has 0 bridgehead atoms. The van der Waals surface area contributed by atoms with E-state index >= 15 is 0 Å². The summed E-state index contributed by atoms with van der Waals surface area (Å²) >= 11 is 6.18. The summed E-state index contributed by atoms with van der Waals surface area (Å²) in [5.41, 5.74) is -6.84. The Morgan fingerprint density at radius 2 is 1.51 bits per heavy atom. The predicted octanol–water partition coefficient (Wildman–Crippen LogP) is 7.03. The quantitative estimate of drug-likeness (QED) is 0.250. The van der Waals surface area contributed by atoms with Crippen molar-refractivity contribution in [2.24, 2.45) is 5.10 Å². The van der Waals surface area contributed by atoms with E-state index < -0.39 is 47.8 Å². The summed E-state index contributed by atoms with van der Waals surface area (Å²) in [6.07, 6.45) is -10.9. The van der Waals surface area contributed by atoms with Crippen molar-refractivity contribution >= 4 is 23.0 Å². The first-order chi connectivity index (χ1) is 19.2. The number of aromatic nitrogens is 3. The fraction of sp³-hybridized carbons (Fsp3) is 0.192. The van der Waals surface area contributed by atoms with Crippen LogP contribution in [-0.2, 0) is 0 Å². The molecule has 1 aromatic heterocycles. The monoisotopic (exact) mass is 601 g/mol. The van der Waals surface area contributed by atoms with Crippen LogP contribution < -0.4 is 5.01 Å². The van der Waals surface area contributed by atoms with Crippen molar-refractivity contribution in [3.05, 3.63) is 95.5 Å². The third-order valence-electron chi connectivity index (χ3n) is 6.56. The zero-order valence-electron chi connectivity index (χ0n) is 20.3. The smallest absolute Gasteiger partial charge is 0.369 e. The third-order valence-corrected chi connectivity index (χ3v) is 6.88. The number of halogens is 9. The Balaban J connectivity index is 1.54. The number of alkyl halides is 6. The number of aliphatic hydroxyl groups is 1. The van der Waals surface area contributed by atoms with Gasteiger partial charge in [-0.05, 0) is 29.3 Å². The van der Waals surface area contributed by atoms with E-state index in [1.165, 1.54) is 54.9 Å². The van der Waals surface area contributed by atoms with Crippen LogP contribution >= 0.6 is 11.6 Å². The average molecular weight is 602 g/mol. The lowest BCUT2D eigenvalue weighted by Crippen LogP contribution is -2.62. The minimum Gasteiger partial charge on any atom is -0.369 e. The lowest BCUT2D eigenvalue weighted by molar-refractivity contribution is -0.338. The van der Waals surface area contributed by atoms with E-state index in [0.717, 1.165) is 28.2 Å². The molecular weight excluding hydrogens is 586 g/mol. The Kier molecular flexibility index (Phi) is 7.02. The van der Waals surface area contributed by atoms with E-state index in [-0.39, 0.29) is 33.1 Å². The van der Waals surface area contributed by atoms with Crippen LogP contribution in [0.25, 0.3) is 16.8 Å². The van der Waals surface area contributed by atoms with Gasteiger partial charge in [0.25, 0.3) is 5.60 Å². The number of hydrogen-bond donors (Lipinski definition) is 1. The van der Waals surface area contributed by atoms with Crippen molar-refractivity contribution in [3.63, 3.8) is 0 Å². The van der Waals surface area contributed by atoms with Crippen molar-refractivity contribution < 1.29 is 40.2 Å². The number of para-hydroxylation sites is 1. The minimum atomic E-state index is -6.13. The maximum atomic E-state index is 14.9. The summed E-state index contributed by atoms with van der Waals surface area (Å²) in [7, 11) is 0. The first kappa shape index (κ1) is 28.5. The first-order valence-corrected chi connectivity index (χ1v) is 12.0. The van der Waals surface area contributed by atoms with Gasteiger partial charge in [0.15, 0.2) is 0 Å². The molecule has 0 radical (unpaired) electrons. The van der Waals surface area contributed by atoms with Gasteiger partial charge in [0, 0.05) is 18.1 Å². The van der Waals surface area contributed by atoms with Crippen LogP contribution in [0.1, 0.15) is 18.0 Å². The van der Waals surface area contributed by atoms with Gasteiger partial charge in [-0.3, -0.25) is 5.01 Å². The molecule has 214 valence electrons. The van der Waals surface area contributed by atoms with Crippen LogP contribution in [0.15, 0.2) is 78.4 Å². The molecule has 15 heteroatoms. The fourth-order valence-electron chi connectivity index (χ4n) is 4.49. The zero-order valence-corrected chi connectivity index (χ0v) is 21.1. The van der Waals surface area contributed by atoms with Gasteiger partial charge in [0.1, 0.15) is 30.0 Å². The van der Waals surface area contributed by atoms with E-state index in [4.69, 9.17) is 11.6 Å². The Morgan fingerprint density at radius 3 is 2.10 bits per heavy atom. The Morgan fingerprint density at radius 1 is 0.854 bits per heavy atom. The molecule has 3 aromatic carbocycles. The van der Waals surface area contributed by atoms with Crippen molar-refractivity contribution in [1.29, 1.82) is 0 Å². The third kappa shape index (κ3) is 4.90. The molecule has 0 aliphatic carbocycles. The van der Waals surface area contributed by atoms with Gasteiger partial charge in [-0.1, -0.05) is 48.0 Å². The highest BCUT2D eigenvalue weighted by Crippen LogP contribution is 2.49. The predicted molar refractivity (Wildman–Crippen MR) is 132 cm³/mol. The van der Waals surface area contributed by atoms with Crippen LogP contribution in [-0.4, -0.2) is 43.5 Å². The molecule has 41 heavy (non-hydrogen) atoms. The Labute approximate surface area is 231 Å². The van der Waals surface area contributed by atoms with Gasteiger partial charge in [-0.25, -0.2) is 18.4 Å². The number of benzene rings is 3. The molecule has 1 atom stereocenters. The number of hydrazone groups is 1. The summed E-state index contributed by atoms with van der Waals surface area (Å²) in [6, 6.07) is 11.5. The van der Waals surface area contributed by atoms with Gasteiger partial charge < -0.3 is 5.11 Å². The van der Waals surface area contributed by atoms with Crippen molar-refractivity contribution in [1.82, 2.24) is 14.8 Å². The lowest BCUT2D eigenvalue weighted by atomic mass is 9.89. The standard InChI is InChI=1S/C26H16ClF8N5O/c27-17-3-1-2-4-20(17)40-21(11-23(38-40)24(41,25(30,31)32)26(33,34)35)15-7-5-14(6-8-15)16-9-19(29)22(10-18(16)28)39-13-36-12-37-39/h1-10,12-13,21,41H,11H2. The summed E-state index contributed by atoms with van der Waals surface area (Å²) in [5.74, 6) is -1.65. The number of anilines is 1. The van der Waals surface area contributed by atoms with Crippen LogP contribution in [0.5, 0.6) is 0 Å². The molecule has 1 unspecified atom stereocenters. The molecule has 0 saturated carbocycles. The maximum Gasteiger partial charge on any atom is 0.431 e. The number of hydrogen-bond acceptors (Lipinski definition) is 5. The van der Waals surface area contributed by atoms with E-state index in [0.29, 0.717) is 0 Å². The fourth-order valence-corrected chi connectivity index (χ4v) is 4.71. The molecule has 4 aromatic rings. The largest absolute Gasteiger partial charge is 0.431 e. The Hall–Kier alpha value is -4.04. The maximum absolute atomic E-state index is 14.9. The van der Waals surface area contributed by atoms with Crippen molar-refractivity contribution in [2.45, 2.75) is 30.4 Å². The molecular formula is C26H16ClF8N5O. The van der Waals surface area contributed by atoms with Gasteiger partial charge in [-0.2, -0.15) is 36.5 Å². The molecule has 5 rings (SSSR count). The SMILES string of the molecule is OC(C1=NN(c2ccccc2Cl)C(c2ccc(-c3cc(F)c(-n4cncn4)cc3F)cc2)C1)(C(F)(F)F)C(F)(F)F. The molecule has 1 aliphatic heterocycles. The number of nitrogens with zero attached hydrogens (tertiary/aromatic N) is 5. The van der Waals surface area contributed by atoms with Gasteiger partial charge in [-0.15, -0.1) is 0 Å². The molecule has 1 N–H and O–H groups in total. The first-order valence-electron chi connectivity index (χ1n) is 11.6. The van der Waals surface area contributed by atoms with E-state index in [2.05, 4.69) is 15.2 Å². The van der Waals surface area contributed by atoms with E-state index in [1.54, 1.807) is 0 Å². The van der Waals surface area contributed by atoms with Crippen molar-refractivity contribution in [2.75, 3.05) is 5.01 Å².